The van der Waals surface area contributed by atoms with Crippen LogP contribution in [0.5, 0.6) is 0 Å². The van der Waals surface area contributed by atoms with Crippen molar-refractivity contribution >= 4 is 12.6 Å². The third-order valence-corrected chi connectivity index (χ3v) is 2.56. The summed E-state index contributed by atoms with van der Waals surface area (Å²) in [5, 5.41) is 0. The van der Waals surface area contributed by atoms with E-state index < -0.39 is 0 Å². The number of hydrogen-bond acceptors (Lipinski definition) is 1. The minimum absolute atomic E-state index is 0.934. The van der Waals surface area contributed by atoms with Gasteiger partial charge in [-0.1, -0.05) is 12.1 Å². The number of rotatable bonds is 2. The zero-order chi connectivity index (χ0) is 9.14. The van der Waals surface area contributed by atoms with Crippen LogP contribution in [0.4, 0.5) is 0 Å². The molecule has 0 bridgehead atoms. The Labute approximate surface area is 80.4 Å². The average molecular weight is 180 g/mol. The molecule has 0 saturated carbocycles. The molecule has 1 rings (SSSR count). The van der Waals surface area contributed by atoms with Crippen molar-refractivity contribution in [3.8, 4) is 0 Å². The number of thiol groups is 1. The van der Waals surface area contributed by atoms with E-state index in [9.17, 15) is 0 Å². The third kappa shape index (κ3) is 2.04. The van der Waals surface area contributed by atoms with Crippen molar-refractivity contribution < 1.29 is 0 Å². The molecule has 0 fully saturated rings. The first-order chi connectivity index (χ1) is 5.65. The molecule has 1 heteroatoms. The van der Waals surface area contributed by atoms with E-state index >= 15 is 0 Å². The Hall–Kier alpha value is -0.430. The Bertz CT molecular complexity index is 277. The van der Waals surface area contributed by atoms with Crippen LogP contribution in [0, 0.1) is 20.8 Å². The summed E-state index contributed by atoms with van der Waals surface area (Å²) in [6.07, 6.45) is 1.08. The Morgan fingerprint density at radius 3 is 2.17 bits per heavy atom. The monoisotopic (exact) mass is 180 g/mol. The van der Waals surface area contributed by atoms with Gasteiger partial charge in [0.25, 0.3) is 0 Å². The Balaban J connectivity index is 3.05. The predicted molar refractivity (Wildman–Crippen MR) is 58.2 cm³/mol. The highest BCUT2D eigenvalue weighted by Crippen LogP contribution is 2.15. The van der Waals surface area contributed by atoms with Crippen LogP contribution in [0.3, 0.4) is 0 Å². The van der Waals surface area contributed by atoms with Gasteiger partial charge in [0, 0.05) is 0 Å². The molecule has 0 radical (unpaired) electrons. The quantitative estimate of drug-likeness (QED) is 0.664. The molecular formula is C11H16S. The van der Waals surface area contributed by atoms with Crippen LogP contribution in [0.2, 0.25) is 0 Å². The third-order valence-electron chi connectivity index (χ3n) is 2.33. The lowest BCUT2D eigenvalue weighted by Gasteiger charge is -2.08. The smallest absolute Gasteiger partial charge is 0.00573 e. The molecular weight excluding hydrogens is 164 g/mol. The Kier molecular flexibility index (Phi) is 3.21. The van der Waals surface area contributed by atoms with E-state index in [-0.39, 0.29) is 0 Å². The molecule has 0 unspecified atom stereocenters. The van der Waals surface area contributed by atoms with Gasteiger partial charge in [0.15, 0.2) is 0 Å². The fraction of sp³-hybridized carbons (Fsp3) is 0.455. The van der Waals surface area contributed by atoms with E-state index in [1.165, 1.54) is 22.3 Å². The average Bonchev–Trinajstić information content (AvgIpc) is 2.01. The lowest BCUT2D eigenvalue weighted by atomic mass is 9.99. The summed E-state index contributed by atoms with van der Waals surface area (Å²) in [5.41, 5.74) is 5.60. The SMILES string of the molecule is Cc1cc(C)c(CCS)cc1C. The molecule has 0 nitrogen and oxygen atoms in total. The van der Waals surface area contributed by atoms with Crippen LogP contribution in [-0.2, 0) is 6.42 Å². The van der Waals surface area contributed by atoms with Gasteiger partial charge in [-0.2, -0.15) is 12.6 Å². The molecule has 12 heavy (non-hydrogen) atoms. The summed E-state index contributed by atoms with van der Waals surface area (Å²) in [6, 6.07) is 4.54. The molecule has 1 aromatic rings. The van der Waals surface area contributed by atoms with Gasteiger partial charge < -0.3 is 0 Å². The standard InChI is InChI=1S/C11H16S/c1-8-6-10(3)11(4-5-12)7-9(8)2/h6-7,12H,4-5H2,1-3H3. The van der Waals surface area contributed by atoms with E-state index in [2.05, 4.69) is 45.5 Å². The first kappa shape index (κ1) is 9.66. The topological polar surface area (TPSA) is 0 Å². The summed E-state index contributed by atoms with van der Waals surface area (Å²) in [4.78, 5) is 0. The highest BCUT2D eigenvalue weighted by atomic mass is 32.1. The largest absolute Gasteiger partial charge is 0.179 e. The van der Waals surface area contributed by atoms with Crippen LogP contribution in [0.25, 0.3) is 0 Å². The molecule has 0 heterocycles. The van der Waals surface area contributed by atoms with Gasteiger partial charge in [-0.25, -0.2) is 0 Å². The fourth-order valence-corrected chi connectivity index (χ4v) is 1.65. The van der Waals surface area contributed by atoms with E-state index in [0.717, 1.165) is 12.2 Å². The number of benzene rings is 1. The summed E-state index contributed by atoms with van der Waals surface area (Å²) in [7, 11) is 0. The first-order valence-corrected chi connectivity index (χ1v) is 4.96. The summed E-state index contributed by atoms with van der Waals surface area (Å²) in [6.45, 7) is 6.49. The second-order valence-corrected chi connectivity index (χ2v) is 3.78. The van der Waals surface area contributed by atoms with E-state index in [0.29, 0.717) is 0 Å². The lowest BCUT2D eigenvalue weighted by molar-refractivity contribution is 1.11. The summed E-state index contributed by atoms with van der Waals surface area (Å²) in [5.74, 6) is 0.934. The van der Waals surface area contributed by atoms with Crippen molar-refractivity contribution in [2.45, 2.75) is 27.2 Å². The fourth-order valence-electron chi connectivity index (χ4n) is 1.41. The molecule has 0 aliphatic rings. The van der Waals surface area contributed by atoms with Crippen molar-refractivity contribution in [1.82, 2.24) is 0 Å². The molecule has 66 valence electrons. The van der Waals surface area contributed by atoms with Crippen molar-refractivity contribution in [2.75, 3.05) is 5.75 Å². The highest BCUT2D eigenvalue weighted by Gasteiger charge is 2.00. The van der Waals surface area contributed by atoms with E-state index in [1.54, 1.807) is 0 Å². The molecule has 0 atom stereocenters. The van der Waals surface area contributed by atoms with E-state index in [4.69, 9.17) is 0 Å². The van der Waals surface area contributed by atoms with Gasteiger partial charge >= 0.3 is 0 Å². The molecule has 0 aliphatic carbocycles. The van der Waals surface area contributed by atoms with Crippen LogP contribution >= 0.6 is 12.6 Å². The molecule has 0 N–H and O–H groups in total. The van der Waals surface area contributed by atoms with Gasteiger partial charge in [-0.3, -0.25) is 0 Å². The Morgan fingerprint density at radius 1 is 1.00 bits per heavy atom. The summed E-state index contributed by atoms with van der Waals surface area (Å²) >= 11 is 4.24. The molecule has 0 aliphatic heterocycles. The number of aryl methyl sites for hydroxylation is 4. The molecule has 0 aromatic heterocycles. The molecule has 0 saturated heterocycles. The number of hydrogen-bond donors (Lipinski definition) is 1. The van der Waals surface area contributed by atoms with Crippen LogP contribution in [-0.4, -0.2) is 5.75 Å². The van der Waals surface area contributed by atoms with Crippen LogP contribution < -0.4 is 0 Å². The molecule has 0 amide bonds. The van der Waals surface area contributed by atoms with Gasteiger partial charge in [0.05, 0.1) is 0 Å². The van der Waals surface area contributed by atoms with Gasteiger partial charge in [0.1, 0.15) is 0 Å². The summed E-state index contributed by atoms with van der Waals surface area (Å²) < 4.78 is 0. The van der Waals surface area contributed by atoms with E-state index in [1.807, 2.05) is 0 Å². The molecule has 1 aromatic carbocycles. The van der Waals surface area contributed by atoms with Crippen molar-refractivity contribution in [2.24, 2.45) is 0 Å². The predicted octanol–water partition coefficient (Wildman–Crippen LogP) is 3.08. The van der Waals surface area contributed by atoms with Crippen molar-refractivity contribution in [3.05, 3.63) is 34.4 Å². The first-order valence-electron chi connectivity index (χ1n) is 4.32. The normalized spacial score (nSPS) is 10.3. The maximum atomic E-state index is 4.24. The highest BCUT2D eigenvalue weighted by molar-refractivity contribution is 7.80. The maximum Gasteiger partial charge on any atom is -0.00573 e. The van der Waals surface area contributed by atoms with Crippen LogP contribution in [0.1, 0.15) is 22.3 Å². The van der Waals surface area contributed by atoms with Crippen molar-refractivity contribution in [1.29, 1.82) is 0 Å². The molecule has 0 spiro atoms. The minimum Gasteiger partial charge on any atom is -0.179 e. The zero-order valence-corrected chi connectivity index (χ0v) is 8.91. The second kappa shape index (κ2) is 3.99. The second-order valence-electron chi connectivity index (χ2n) is 3.34. The van der Waals surface area contributed by atoms with Crippen molar-refractivity contribution in [3.63, 3.8) is 0 Å². The minimum atomic E-state index is 0.934. The maximum absolute atomic E-state index is 4.24. The van der Waals surface area contributed by atoms with Gasteiger partial charge in [0.2, 0.25) is 0 Å². The van der Waals surface area contributed by atoms with Gasteiger partial charge in [-0.15, -0.1) is 0 Å². The van der Waals surface area contributed by atoms with Gasteiger partial charge in [-0.05, 0) is 55.2 Å². The Morgan fingerprint density at radius 2 is 1.58 bits per heavy atom. The zero-order valence-electron chi connectivity index (χ0n) is 8.02. The lowest BCUT2D eigenvalue weighted by Crippen LogP contribution is -1.93. The van der Waals surface area contributed by atoms with Crippen LogP contribution in [0.15, 0.2) is 12.1 Å².